The van der Waals surface area contributed by atoms with E-state index in [0.29, 0.717) is 34.7 Å². The van der Waals surface area contributed by atoms with E-state index in [1.54, 1.807) is 36.9 Å². The largest absolute Gasteiger partial charge is 0.448 e. The first kappa shape index (κ1) is 22.1. The average Bonchev–Trinajstić information content (AvgIpc) is 3.42. The molecule has 4 heterocycles. The van der Waals surface area contributed by atoms with Crippen molar-refractivity contribution < 1.29 is 23.1 Å². The highest BCUT2D eigenvalue weighted by atomic mass is 19.1. The highest BCUT2D eigenvalue weighted by Gasteiger charge is 2.23. The van der Waals surface area contributed by atoms with Crippen molar-refractivity contribution in [3.8, 4) is 6.08 Å². The van der Waals surface area contributed by atoms with Crippen molar-refractivity contribution in [1.29, 1.82) is 0 Å². The van der Waals surface area contributed by atoms with Crippen molar-refractivity contribution in [2.75, 3.05) is 56.7 Å². The highest BCUT2D eigenvalue weighted by molar-refractivity contribution is 6.13. The molecule has 0 aliphatic carbocycles. The summed E-state index contributed by atoms with van der Waals surface area (Å²) in [6, 6.07) is 4.79. The van der Waals surface area contributed by atoms with Crippen LogP contribution in [0.5, 0.6) is 6.08 Å². The van der Waals surface area contributed by atoms with E-state index in [-0.39, 0.29) is 18.3 Å². The standard InChI is InChI=1S/C23H25FN6O4/c1-14-12-30-13-15(11-17(24)21(30)26-14)27-22(31)16-3-4-18(29-7-5-25-6-8-29)20-19(16)28-23(34-20)33-10-9-32-2/h3-4,11-13,25H,5-10H2,1-2H3,(H,27,31). The van der Waals surface area contributed by atoms with Crippen molar-refractivity contribution in [2.45, 2.75) is 6.92 Å². The third kappa shape index (κ3) is 4.27. The fraction of sp³-hybridized carbons (Fsp3) is 0.348. The van der Waals surface area contributed by atoms with Gasteiger partial charge < -0.3 is 33.8 Å². The molecule has 1 amide bonds. The Hall–Kier alpha value is -3.70. The number of aryl methyl sites for hydroxylation is 1. The summed E-state index contributed by atoms with van der Waals surface area (Å²) in [6.45, 7) is 5.69. The molecule has 1 aliphatic rings. The molecule has 0 radical (unpaired) electrons. The van der Waals surface area contributed by atoms with Gasteiger partial charge in [0.25, 0.3) is 5.91 Å². The lowest BCUT2D eigenvalue weighted by Crippen LogP contribution is -2.43. The van der Waals surface area contributed by atoms with Gasteiger partial charge in [0.05, 0.1) is 29.2 Å². The molecule has 1 saturated heterocycles. The Kier molecular flexibility index (Phi) is 6.03. The minimum absolute atomic E-state index is 0.0602. The molecule has 3 aromatic heterocycles. The van der Waals surface area contributed by atoms with Crippen LogP contribution in [0.3, 0.4) is 0 Å². The van der Waals surface area contributed by atoms with Gasteiger partial charge in [0, 0.05) is 51.7 Å². The Morgan fingerprint density at radius 1 is 1.24 bits per heavy atom. The lowest BCUT2D eigenvalue weighted by molar-refractivity contribution is 0.102. The number of anilines is 2. The van der Waals surface area contributed by atoms with Crippen LogP contribution in [0.2, 0.25) is 0 Å². The van der Waals surface area contributed by atoms with Crippen molar-refractivity contribution in [3.05, 3.63) is 47.7 Å². The van der Waals surface area contributed by atoms with Gasteiger partial charge in [0.1, 0.15) is 12.1 Å². The molecule has 11 heteroatoms. The zero-order valence-electron chi connectivity index (χ0n) is 18.9. The third-order valence-electron chi connectivity index (χ3n) is 5.60. The van der Waals surface area contributed by atoms with Crippen molar-refractivity contribution in [1.82, 2.24) is 19.7 Å². The normalized spacial score (nSPS) is 14.1. The van der Waals surface area contributed by atoms with E-state index in [0.717, 1.165) is 31.9 Å². The zero-order valence-corrected chi connectivity index (χ0v) is 18.9. The van der Waals surface area contributed by atoms with E-state index in [1.165, 1.54) is 6.07 Å². The topological polar surface area (TPSA) is 106 Å². The Bertz CT molecular complexity index is 1340. The molecule has 0 spiro atoms. The molecule has 0 atom stereocenters. The number of carbonyl (C=O) groups is 1. The summed E-state index contributed by atoms with van der Waals surface area (Å²) in [4.78, 5) is 24.0. The van der Waals surface area contributed by atoms with Gasteiger partial charge >= 0.3 is 6.08 Å². The van der Waals surface area contributed by atoms with Crippen LogP contribution in [0.4, 0.5) is 15.8 Å². The number of hydrogen-bond acceptors (Lipinski definition) is 8. The molecule has 34 heavy (non-hydrogen) atoms. The number of ether oxygens (including phenoxy) is 2. The molecule has 0 saturated carbocycles. The van der Waals surface area contributed by atoms with Gasteiger partial charge in [-0.05, 0) is 19.1 Å². The van der Waals surface area contributed by atoms with E-state index in [2.05, 4.69) is 25.5 Å². The summed E-state index contributed by atoms with van der Waals surface area (Å²) in [5.74, 6) is -0.968. The van der Waals surface area contributed by atoms with Gasteiger partial charge in [-0.15, -0.1) is 0 Å². The van der Waals surface area contributed by atoms with Gasteiger partial charge in [-0.3, -0.25) is 4.79 Å². The number of hydrogen-bond donors (Lipinski definition) is 2. The lowest BCUT2D eigenvalue weighted by Gasteiger charge is -2.29. The number of pyridine rings is 1. The van der Waals surface area contributed by atoms with Crippen LogP contribution in [0, 0.1) is 12.7 Å². The summed E-state index contributed by atoms with van der Waals surface area (Å²) in [5.41, 5.74) is 3.15. The maximum Gasteiger partial charge on any atom is 0.394 e. The lowest BCUT2D eigenvalue weighted by atomic mass is 10.1. The summed E-state index contributed by atoms with van der Waals surface area (Å²) < 4.78 is 32.5. The molecule has 178 valence electrons. The molecular weight excluding hydrogens is 443 g/mol. The summed E-state index contributed by atoms with van der Waals surface area (Å²) in [7, 11) is 1.58. The van der Waals surface area contributed by atoms with Gasteiger partial charge in [0.15, 0.2) is 17.0 Å². The highest BCUT2D eigenvalue weighted by Crippen LogP contribution is 2.33. The molecule has 0 unspecified atom stereocenters. The number of imidazole rings is 1. The first-order valence-corrected chi connectivity index (χ1v) is 11.0. The molecule has 0 bridgehead atoms. The smallest absolute Gasteiger partial charge is 0.394 e. The van der Waals surface area contributed by atoms with E-state index >= 15 is 0 Å². The molecule has 1 aromatic carbocycles. The average molecular weight is 468 g/mol. The number of nitrogens with one attached hydrogen (secondary N) is 2. The summed E-state index contributed by atoms with van der Waals surface area (Å²) in [5, 5.41) is 6.08. The van der Waals surface area contributed by atoms with Gasteiger partial charge in [-0.25, -0.2) is 9.37 Å². The van der Waals surface area contributed by atoms with Crippen LogP contribution in [0.15, 0.2) is 35.0 Å². The van der Waals surface area contributed by atoms with Crippen LogP contribution in [-0.2, 0) is 4.74 Å². The van der Waals surface area contributed by atoms with Crippen LogP contribution < -0.4 is 20.3 Å². The van der Waals surface area contributed by atoms with E-state index in [1.807, 2.05) is 6.07 Å². The fourth-order valence-corrected chi connectivity index (χ4v) is 4.03. The number of carbonyl (C=O) groups excluding carboxylic acids is 1. The van der Waals surface area contributed by atoms with E-state index < -0.39 is 11.7 Å². The molecular formula is C23H25FN6O4. The minimum atomic E-state index is -0.527. The Morgan fingerprint density at radius 2 is 2.06 bits per heavy atom. The maximum atomic E-state index is 14.5. The number of aromatic nitrogens is 3. The van der Waals surface area contributed by atoms with Gasteiger partial charge in [-0.1, -0.05) is 0 Å². The van der Waals surface area contributed by atoms with E-state index in [9.17, 15) is 9.18 Å². The first-order valence-electron chi connectivity index (χ1n) is 11.0. The van der Waals surface area contributed by atoms with Crippen molar-refractivity contribution in [3.63, 3.8) is 0 Å². The predicted octanol–water partition coefficient (Wildman–Crippen LogP) is 2.61. The number of methoxy groups -OCH3 is 1. The third-order valence-corrected chi connectivity index (χ3v) is 5.60. The quantitative estimate of drug-likeness (QED) is 0.399. The van der Waals surface area contributed by atoms with Crippen molar-refractivity contribution >= 4 is 34.0 Å². The second-order valence-electron chi connectivity index (χ2n) is 8.01. The van der Waals surface area contributed by atoms with Gasteiger partial charge in [0.2, 0.25) is 0 Å². The van der Waals surface area contributed by atoms with Crippen LogP contribution in [-0.4, -0.2) is 66.8 Å². The zero-order chi connectivity index (χ0) is 23.7. The maximum absolute atomic E-state index is 14.5. The number of oxazole rings is 1. The molecule has 1 fully saturated rings. The Morgan fingerprint density at radius 3 is 2.85 bits per heavy atom. The summed E-state index contributed by atoms with van der Waals surface area (Å²) in [6.07, 6.45) is 3.37. The number of benzene rings is 1. The fourth-order valence-electron chi connectivity index (χ4n) is 4.03. The number of piperazine rings is 1. The summed E-state index contributed by atoms with van der Waals surface area (Å²) >= 11 is 0. The Labute approximate surface area is 194 Å². The minimum Gasteiger partial charge on any atom is -0.448 e. The first-order chi connectivity index (χ1) is 16.5. The number of nitrogens with zero attached hydrogens (tertiary/aromatic N) is 4. The number of rotatable bonds is 7. The molecule has 1 aliphatic heterocycles. The second kappa shape index (κ2) is 9.27. The SMILES string of the molecule is COCCOc1nc2c(C(=O)Nc3cc(F)c4nc(C)cn4c3)ccc(N3CCNCC3)c2o1. The molecule has 2 N–H and O–H groups in total. The molecule has 5 rings (SSSR count). The van der Waals surface area contributed by atoms with Crippen LogP contribution in [0.1, 0.15) is 16.1 Å². The number of amides is 1. The second-order valence-corrected chi connectivity index (χ2v) is 8.01. The van der Waals surface area contributed by atoms with Crippen molar-refractivity contribution in [2.24, 2.45) is 0 Å². The number of halogens is 1. The van der Waals surface area contributed by atoms with E-state index in [4.69, 9.17) is 13.9 Å². The Balaban J connectivity index is 1.49. The van der Waals surface area contributed by atoms with Crippen LogP contribution >= 0.6 is 0 Å². The number of fused-ring (bicyclic) bond motifs is 2. The predicted molar refractivity (Wildman–Crippen MR) is 124 cm³/mol. The molecule has 4 aromatic rings. The van der Waals surface area contributed by atoms with Crippen LogP contribution in [0.25, 0.3) is 16.7 Å². The molecule has 10 nitrogen and oxygen atoms in total. The monoisotopic (exact) mass is 468 g/mol. The van der Waals surface area contributed by atoms with Gasteiger partial charge in [-0.2, -0.15) is 4.98 Å².